The molecule has 3 atom stereocenters. The first kappa shape index (κ1) is 30.3. The number of hydrogen-bond donors (Lipinski definition) is 3. The number of carboxylic acids is 1. The Bertz CT molecular complexity index is 1630. The number of carbonyl (C=O) groups excluding carboxylic acids is 2. The number of fused-ring (bicyclic) bond motifs is 1. The smallest absolute Gasteiger partial charge is 0.307 e. The van der Waals surface area contributed by atoms with Gasteiger partial charge in [0.25, 0.3) is 11.8 Å². The third-order valence-electron chi connectivity index (χ3n) is 7.42. The van der Waals surface area contributed by atoms with Gasteiger partial charge in [0.05, 0.1) is 37.6 Å². The first-order valence-electron chi connectivity index (χ1n) is 13.5. The largest absolute Gasteiger partial charge is 0.481 e. The van der Waals surface area contributed by atoms with Gasteiger partial charge in [-0.2, -0.15) is 0 Å². The Morgan fingerprint density at radius 1 is 0.884 bits per heavy atom. The van der Waals surface area contributed by atoms with Gasteiger partial charge in [-0.15, -0.1) is 0 Å². The SMILES string of the molecule is O=C(O)Cc1ccc(CONC(=O)[C@@H]2c3ccccc3C(=O)N([C@H](CO)c3ccccc3)[C@H]2c2ccc(Cl)cc2Cl)cc1. The number of aliphatic hydroxyl groups excluding tert-OH is 1. The monoisotopic (exact) mass is 618 g/mol. The average molecular weight is 620 g/mol. The van der Waals surface area contributed by atoms with E-state index in [9.17, 15) is 19.5 Å². The maximum Gasteiger partial charge on any atom is 0.307 e. The van der Waals surface area contributed by atoms with Gasteiger partial charge < -0.3 is 15.1 Å². The molecule has 0 radical (unpaired) electrons. The van der Waals surface area contributed by atoms with E-state index in [2.05, 4.69) is 5.48 Å². The van der Waals surface area contributed by atoms with Crippen LogP contribution in [0.5, 0.6) is 0 Å². The first-order valence-corrected chi connectivity index (χ1v) is 14.3. The first-order chi connectivity index (χ1) is 20.8. The van der Waals surface area contributed by atoms with Crippen molar-refractivity contribution < 1.29 is 29.4 Å². The summed E-state index contributed by atoms with van der Waals surface area (Å²) < 4.78 is 0. The fourth-order valence-electron chi connectivity index (χ4n) is 5.46. The maximum absolute atomic E-state index is 14.2. The highest BCUT2D eigenvalue weighted by molar-refractivity contribution is 6.35. The fourth-order valence-corrected chi connectivity index (χ4v) is 5.98. The van der Waals surface area contributed by atoms with E-state index in [1.54, 1.807) is 66.7 Å². The molecule has 1 aliphatic rings. The predicted octanol–water partition coefficient (Wildman–Crippen LogP) is 5.88. The third-order valence-corrected chi connectivity index (χ3v) is 7.99. The summed E-state index contributed by atoms with van der Waals surface area (Å²) in [6, 6.07) is 25.9. The molecule has 0 saturated carbocycles. The number of nitrogens with one attached hydrogen (secondary N) is 1. The van der Waals surface area contributed by atoms with Crippen LogP contribution >= 0.6 is 23.2 Å². The highest BCUT2D eigenvalue weighted by Crippen LogP contribution is 2.48. The predicted molar refractivity (Wildman–Crippen MR) is 162 cm³/mol. The minimum atomic E-state index is -0.969. The van der Waals surface area contributed by atoms with Crippen LogP contribution in [0.25, 0.3) is 0 Å². The Labute approximate surface area is 258 Å². The van der Waals surface area contributed by atoms with Crippen molar-refractivity contribution in [1.29, 1.82) is 0 Å². The second-order valence-electron chi connectivity index (χ2n) is 10.1. The lowest BCUT2D eigenvalue weighted by Crippen LogP contribution is -2.49. The van der Waals surface area contributed by atoms with Crippen molar-refractivity contribution in [2.24, 2.45) is 0 Å². The van der Waals surface area contributed by atoms with Crippen molar-refractivity contribution in [3.05, 3.63) is 140 Å². The van der Waals surface area contributed by atoms with E-state index < -0.39 is 36.5 Å². The summed E-state index contributed by atoms with van der Waals surface area (Å²) in [6.45, 7) is -0.381. The number of rotatable bonds is 10. The van der Waals surface area contributed by atoms with Crippen molar-refractivity contribution in [3.8, 4) is 0 Å². The Kier molecular flexibility index (Phi) is 9.43. The number of carbonyl (C=O) groups is 3. The number of nitrogens with zero attached hydrogens (tertiary/aromatic N) is 1. The average Bonchev–Trinajstić information content (AvgIpc) is 3.00. The molecule has 1 aliphatic heterocycles. The van der Waals surface area contributed by atoms with Crippen LogP contribution in [0.15, 0.2) is 97.1 Å². The van der Waals surface area contributed by atoms with E-state index in [0.717, 1.165) is 5.56 Å². The topological polar surface area (TPSA) is 116 Å². The summed E-state index contributed by atoms with van der Waals surface area (Å²) in [5.74, 6) is -2.78. The molecule has 2 amide bonds. The van der Waals surface area contributed by atoms with Crippen LogP contribution in [-0.4, -0.2) is 39.5 Å². The van der Waals surface area contributed by atoms with Crippen molar-refractivity contribution in [2.75, 3.05) is 6.61 Å². The van der Waals surface area contributed by atoms with Gasteiger partial charge in [-0.05, 0) is 46.0 Å². The molecule has 0 bridgehead atoms. The van der Waals surface area contributed by atoms with Gasteiger partial charge in [-0.25, -0.2) is 5.48 Å². The highest BCUT2D eigenvalue weighted by Gasteiger charge is 2.47. The zero-order chi connectivity index (χ0) is 30.5. The molecular weight excluding hydrogens is 591 g/mol. The van der Waals surface area contributed by atoms with Gasteiger partial charge in [0, 0.05) is 15.6 Å². The molecular formula is C33H28Cl2N2O6. The number of carboxylic acid groups (broad SMARTS) is 1. The Hall–Kier alpha value is -4.21. The fraction of sp³-hybridized carbons (Fsp3) is 0.182. The molecule has 0 unspecified atom stereocenters. The van der Waals surface area contributed by atoms with Crippen LogP contribution < -0.4 is 5.48 Å². The van der Waals surface area contributed by atoms with Gasteiger partial charge in [-0.1, -0.05) is 102 Å². The van der Waals surface area contributed by atoms with Crippen molar-refractivity contribution in [1.82, 2.24) is 10.4 Å². The molecule has 1 heterocycles. The number of hydrogen-bond acceptors (Lipinski definition) is 5. The summed E-state index contributed by atoms with van der Waals surface area (Å²) >= 11 is 12.9. The molecule has 4 aromatic rings. The van der Waals surface area contributed by atoms with E-state index in [-0.39, 0.29) is 24.0 Å². The van der Waals surface area contributed by atoms with Gasteiger partial charge in [0.2, 0.25) is 0 Å². The lowest BCUT2D eigenvalue weighted by atomic mass is 9.78. The van der Waals surface area contributed by atoms with Gasteiger partial charge in [-0.3, -0.25) is 19.2 Å². The molecule has 43 heavy (non-hydrogen) atoms. The molecule has 0 aliphatic carbocycles. The van der Waals surface area contributed by atoms with Crippen molar-refractivity contribution in [2.45, 2.75) is 31.0 Å². The normalized spacial score (nSPS) is 16.8. The number of aliphatic hydroxyl groups is 1. The number of halogens is 2. The molecule has 8 nitrogen and oxygen atoms in total. The van der Waals surface area contributed by atoms with Gasteiger partial charge >= 0.3 is 5.97 Å². The standard InChI is InChI=1S/C33H28Cl2N2O6/c34-23-14-15-26(27(35)17-23)31-30(32(41)36-43-19-21-12-10-20(11-13-21)16-29(39)40)24-8-4-5-9-25(24)33(42)37(31)28(18-38)22-6-2-1-3-7-22/h1-15,17,28,30-31,38H,16,18-19H2,(H,36,41)(H,39,40)/t28-,30-,31+/m1/s1. The summed E-state index contributed by atoms with van der Waals surface area (Å²) in [5.41, 5.74) is 5.90. The minimum Gasteiger partial charge on any atom is -0.481 e. The molecule has 0 spiro atoms. The molecule has 5 rings (SSSR count). The second kappa shape index (κ2) is 13.4. The van der Waals surface area contributed by atoms with E-state index >= 15 is 0 Å². The van der Waals surface area contributed by atoms with Gasteiger partial charge in [0.15, 0.2) is 0 Å². The van der Waals surface area contributed by atoms with Crippen LogP contribution in [0, 0.1) is 0 Å². The molecule has 0 aromatic heterocycles. The lowest BCUT2D eigenvalue weighted by Gasteiger charge is -2.45. The number of amides is 2. The quantitative estimate of drug-likeness (QED) is 0.191. The third kappa shape index (κ3) is 6.58. The van der Waals surface area contributed by atoms with E-state index in [1.807, 2.05) is 30.3 Å². The maximum atomic E-state index is 14.2. The molecule has 0 fully saturated rings. The number of hydroxylamine groups is 1. The second-order valence-corrected chi connectivity index (χ2v) is 11.0. The lowest BCUT2D eigenvalue weighted by molar-refractivity contribution is -0.138. The van der Waals surface area contributed by atoms with E-state index in [0.29, 0.717) is 32.8 Å². The molecule has 4 aromatic carbocycles. The molecule has 0 saturated heterocycles. The van der Waals surface area contributed by atoms with Gasteiger partial charge in [0.1, 0.15) is 0 Å². The van der Waals surface area contributed by atoms with Crippen LogP contribution in [0.2, 0.25) is 10.0 Å². The minimum absolute atomic E-state index is 0.0196. The van der Waals surface area contributed by atoms with Crippen molar-refractivity contribution in [3.63, 3.8) is 0 Å². The summed E-state index contributed by atoms with van der Waals surface area (Å²) in [5, 5.41) is 20.3. The Morgan fingerprint density at radius 2 is 1.56 bits per heavy atom. The van der Waals surface area contributed by atoms with Crippen LogP contribution in [0.1, 0.15) is 56.2 Å². The zero-order valence-corrected chi connectivity index (χ0v) is 24.3. The Morgan fingerprint density at radius 3 is 2.23 bits per heavy atom. The van der Waals surface area contributed by atoms with E-state index in [1.165, 1.54) is 4.90 Å². The molecule has 220 valence electrons. The summed E-state index contributed by atoms with van der Waals surface area (Å²) in [6.07, 6.45) is -0.0966. The van der Waals surface area contributed by atoms with Crippen LogP contribution in [0.4, 0.5) is 0 Å². The zero-order valence-electron chi connectivity index (χ0n) is 22.8. The highest BCUT2D eigenvalue weighted by atomic mass is 35.5. The van der Waals surface area contributed by atoms with Crippen LogP contribution in [0.3, 0.4) is 0 Å². The van der Waals surface area contributed by atoms with Crippen LogP contribution in [-0.2, 0) is 27.5 Å². The molecule has 3 N–H and O–H groups in total. The molecule has 10 heteroatoms. The van der Waals surface area contributed by atoms with Crippen molar-refractivity contribution >= 4 is 41.0 Å². The Balaban J connectivity index is 1.52. The van der Waals surface area contributed by atoms with E-state index in [4.69, 9.17) is 33.1 Å². The summed E-state index contributed by atoms with van der Waals surface area (Å²) in [7, 11) is 0. The number of benzene rings is 4. The summed E-state index contributed by atoms with van der Waals surface area (Å²) in [4.78, 5) is 46.3. The number of aliphatic carboxylic acids is 1.